The van der Waals surface area contributed by atoms with Crippen LogP contribution in [0.3, 0.4) is 0 Å². The Bertz CT molecular complexity index is 458. The maximum Gasteiger partial charge on any atom is 0.252 e. The van der Waals surface area contributed by atoms with Gasteiger partial charge in [-0.25, -0.2) is 0 Å². The van der Waals surface area contributed by atoms with E-state index in [-0.39, 0.29) is 18.4 Å². The zero-order chi connectivity index (χ0) is 14.6. The molecule has 0 fully saturated rings. The van der Waals surface area contributed by atoms with Gasteiger partial charge in [0, 0.05) is 11.0 Å². The average molecular weight is 330 g/mol. The average Bonchev–Trinajstić information content (AvgIpc) is 2.36. The first-order chi connectivity index (χ1) is 8.77. The Hall–Kier alpha value is -1.07. The van der Waals surface area contributed by atoms with Crippen LogP contribution in [-0.4, -0.2) is 30.3 Å². The van der Waals surface area contributed by atoms with E-state index in [0.717, 1.165) is 0 Å². The molecule has 0 aliphatic rings. The lowest BCUT2D eigenvalue weighted by Gasteiger charge is -2.27. The summed E-state index contributed by atoms with van der Waals surface area (Å²) in [4.78, 5) is 12.1. The summed E-state index contributed by atoms with van der Waals surface area (Å²) in [7, 11) is 1.55. The Labute approximate surface area is 122 Å². The highest BCUT2D eigenvalue weighted by atomic mass is 79.9. The molecule has 0 radical (unpaired) electrons. The summed E-state index contributed by atoms with van der Waals surface area (Å²) in [6.07, 6.45) is 0. The number of nitrogens with one attached hydrogen (secondary N) is 1. The molecule has 1 aromatic carbocycles. The van der Waals surface area contributed by atoms with E-state index in [4.69, 9.17) is 4.74 Å². The van der Waals surface area contributed by atoms with Gasteiger partial charge in [-0.1, -0.05) is 13.8 Å². The van der Waals surface area contributed by atoms with Gasteiger partial charge >= 0.3 is 0 Å². The number of aliphatic hydroxyl groups is 1. The first kappa shape index (κ1) is 16.0. The van der Waals surface area contributed by atoms with E-state index in [1.807, 2.05) is 13.8 Å². The molecule has 106 valence electrons. The van der Waals surface area contributed by atoms with Gasteiger partial charge in [0.05, 0.1) is 18.3 Å². The number of ether oxygens (including phenoxy) is 1. The molecule has 1 rings (SSSR count). The molecule has 2 N–H and O–H groups in total. The Morgan fingerprint density at radius 3 is 2.68 bits per heavy atom. The molecule has 0 heterocycles. The molecule has 0 aliphatic carbocycles. The fraction of sp³-hybridized carbons (Fsp3) is 0.500. The summed E-state index contributed by atoms with van der Waals surface area (Å²) < 4.78 is 5.78. The maximum atomic E-state index is 12.1. The number of methoxy groups -OCH3 is 1. The molecule has 4 nitrogen and oxygen atoms in total. The van der Waals surface area contributed by atoms with Crippen LogP contribution in [0.1, 0.15) is 31.1 Å². The molecule has 1 aromatic rings. The minimum absolute atomic E-state index is 0.0570. The van der Waals surface area contributed by atoms with Crippen LogP contribution in [0.15, 0.2) is 22.7 Å². The topological polar surface area (TPSA) is 58.6 Å². The summed E-state index contributed by atoms with van der Waals surface area (Å²) in [5.74, 6) is 0.428. The van der Waals surface area contributed by atoms with Crippen LogP contribution < -0.4 is 10.1 Å². The molecule has 0 spiro atoms. The molecular formula is C14H20BrNO3. The standard InChI is InChI=1S/C14H20BrNO3/c1-9(2)14(3,18)8-16-13(17)11-7-10(19-4)5-6-12(11)15/h5-7,9,18H,8H2,1-4H3,(H,16,17). The third-order valence-corrected chi connectivity index (χ3v) is 3.96. The second-order valence-electron chi connectivity index (χ2n) is 5.04. The van der Waals surface area contributed by atoms with Gasteiger partial charge in [-0.3, -0.25) is 4.79 Å². The number of hydrogen-bond donors (Lipinski definition) is 2. The van der Waals surface area contributed by atoms with Crippen LogP contribution in [0, 0.1) is 5.92 Å². The van der Waals surface area contributed by atoms with Crippen LogP contribution in [0.2, 0.25) is 0 Å². The van der Waals surface area contributed by atoms with Crippen LogP contribution in [0.5, 0.6) is 5.75 Å². The fourth-order valence-electron chi connectivity index (χ4n) is 1.36. The monoisotopic (exact) mass is 329 g/mol. The van der Waals surface area contributed by atoms with Crippen LogP contribution in [-0.2, 0) is 0 Å². The van der Waals surface area contributed by atoms with Gasteiger partial charge in [-0.2, -0.15) is 0 Å². The van der Waals surface area contributed by atoms with E-state index in [0.29, 0.717) is 15.8 Å². The Morgan fingerprint density at radius 2 is 2.16 bits per heavy atom. The third kappa shape index (κ3) is 4.21. The Kier molecular flexibility index (Phi) is 5.38. The van der Waals surface area contributed by atoms with Crippen molar-refractivity contribution in [2.24, 2.45) is 5.92 Å². The number of rotatable bonds is 5. The molecule has 1 amide bonds. The summed E-state index contributed by atoms with van der Waals surface area (Å²) in [6.45, 7) is 5.73. The second kappa shape index (κ2) is 6.39. The third-order valence-electron chi connectivity index (χ3n) is 3.27. The SMILES string of the molecule is COc1ccc(Br)c(C(=O)NCC(C)(O)C(C)C)c1. The molecule has 0 aliphatic heterocycles. The van der Waals surface area contributed by atoms with Crippen LogP contribution in [0.25, 0.3) is 0 Å². The zero-order valence-corrected chi connectivity index (χ0v) is 13.2. The smallest absolute Gasteiger partial charge is 0.252 e. The van der Waals surface area contributed by atoms with E-state index in [1.165, 1.54) is 0 Å². The molecule has 5 heteroatoms. The van der Waals surface area contributed by atoms with Crippen molar-refractivity contribution in [3.05, 3.63) is 28.2 Å². The van der Waals surface area contributed by atoms with Crippen molar-refractivity contribution in [1.29, 1.82) is 0 Å². The number of carbonyl (C=O) groups is 1. The van der Waals surface area contributed by atoms with Crippen LogP contribution in [0.4, 0.5) is 0 Å². The molecular weight excluding hydrogens is 310 g/mol. The highest BCUT2D eigenvalue weighted by Crippen LogP contribution is 2.22. The summed E-state index contributed by atoms with van der Waals surface area (Å²) >= 11 is 3.33. The van der Waals surface area contributed by atoms with E-state index < -0.39 is 5.60 Å². The minimum atomic E-state index is -0.930. The first-order valence-electron chi connectivity index (χ1n) is 6.12. The van der Waals surface area contributed by atoms with E-state index in [9.17, 15) is 9.90 Å². The lowest BCUT2D eigenvalue weighted by molar-refractivity contribution is 0.0142. The van der Waals surface area contributed by atoms with Crippen molar-refractivity contribution in [3.63, 3.8) is 0 Å². The van der Waals surface area contributed by atoms with Gasteiger partial charge in [-0.15, -0.1) is 0 Å². The molecule has 0 saturated heterocycles. The maximum absolute atomic E-state index is 12.1. The Morgan fingerprint density at radius 1 is 1.53 bits per heavy atom. The fourth-order valence-corrected chi connectivity index (χ4v) is 1.79. The van der Waals surface area contributed by atoms with Crippen molar-refractivity contribution >= 4 is 21.8 Å². The van der Waals surface area contributed by atoms with Gasteiger partial charge in [0.15, 0.2) is 0 Å². The van der Waals surface area contributed by atoms with Crippen molar-refractivity contribution in [2.45, 2.75) is 26.4 Å². The second-order valence-corrected chi connectivity index (χ2v) is 5.89. The van der Waals surface area contributed by atoms with Crippen molar-refractivity contribution in [1.82, 2.24) is 5.32 Å². The lowest BCUT2D eigenvalue weighted by Crippen LogP contribution is -2.44. The normalized spacial score (nSPS) is 14.1. The molecule has 0 saturated carbocycles. The molecule has 0 aromatic heterocycles. The quantitative estimate of drug-likeness (QED) is 0.872. The number of amides is 1. The van der Waals surface area contributed by atoms with Crippen molar-refractivity contribution < 1.29 is 14.6 Å². The van der Waals surface area contributed by atoms with Gasteiger partial charge in [0.2, 0.25) is 0 Å². The van der Waals surface area contributed by atoms with Gasteiger partial charge < -0.3 is 15.2 Å². The summed E-state index contributed by atoms with van der Waals surface area (Å²) in [6, 6.07) is 5.18. The molecule has 1 atom stereocenters. The zero-order valence-electron chi connectivity index (χ0n) is 11.7. The van der Waals surface area contributed by atoms with E-state index in [1.54, 1.807) is 32.2 Å². The van der Waals surface area contributed by atoms with Gasteiger partial charge in [-0.05, 0) is 47.0 Å². The lowest BCUT2D eigenvalue weighted by atomic mass is 9.92. The molecule has 1 unspecified atom stereocenters. The van der Waals surface area contributed by atoms with E-state index >= 15 is 0 Å². The number of benzene rings is 1. The predicted octanol–water partition coefficient (Wildman–Crippen LogP) is 2.59. The molecule has 19 heavy (non-hydrogen) atoms. The number of carbonyl (C=O) groups excluding carboxylic acids is 1. The van der Waals surface area contributed by atoms with Gasteiger partial charge in [0.1, 0.15) is 5.75 Å². The predicted molar refractivity (Wildman–Crippen MR) is 78.5 cm³/mol. The first-order valence-corrected chi connectivity index (χ1v) is 6.91. The van der Waals surface area contributed by atoms with Crippen molar-refractivity contribution in [2.75, 3.05) is 13.7 Å². The number of halogens is 1. The summed E-state index contributed by atoms with van der Waals surface area (Å²) in [5, 5.41) is 12.8. The highest BCUT2D eigenvalue weighted by molar-refractivity contribution is 9.10. The molecule has 0 bridgehead atoms. The largest absolute Gasteiger partial charge is 0.497 e. The van der Waals surface area contributed by atoms with E-state index in [2.05, 4.69) is 21.2 Å². The van der Waals surface area contributed by atoms with Crippen molar-refractivity contribution in [3.8, 4) is 5.75 Å². The highest BCUT2D eigenvalue weighted by Gasteiger charge is 2.25. The van der Waals surface area contributed by atoms with Crippen LogP contribution >= 0.6 is 15.9 Å². The summed E-state index contributed by atoms with van der Waals surface area (Å²) in [5.41, 5.74) is -0.444. The Balaban J connectivity index is 2.79. The van der Waals surface area contributed by atoms with Gasteiger partial charge in [0.25, 0.3) is 5.91 Å². The number of hydrogen-bond acceptors (Lipinski definition) is 3. The minimum Gasteiger partial charge on any atom is -0.497 e.